The fourth-order valence-electron chi connectivity index (χ4n) is 6.84. The largest absolute Gasteiger partial charge is 0.371 e. The molecule has 0 aliphatic carbocycles. The van der Waals surface area contributed by atoms with E-state index in [0.717, 1.165) is 44.7 Å². The lowest BCUT2D eigenvalue weighted by molar-refractivity contribution is 0.0971. The Morgan fingerprint density at radius 1 is 1.05 bits per heavy atom. The lowest BCUT2D eigenvalue weighted by Crippen LogP contribution is -2.49. The smallest absolute Gasteiger partial charge is 0.295 e. The molecule has 1 saturated heterocycles. The van der Waals surface area contributed by atoms with Crippen LogP contribution >= 0.6 is 0 Å². The number of fused-ring (bicyclic) bond motifs is 3. The molecule has 0 radical (unpaired) electrons. The molecule has 3 aromatic carbocycles. The number of likely N-dealkylation sites (tertiary alicyclic amines) is 1. The highest BCUT2D eigenvalue weighted by atomic mass is 32.2. The Hall–Kier alpha value is -3.27. The number of para-hydroxylation sites is 1. The summed E-state index contributed by atoms with van der Waals surface area (Å²) >= 11 is 0. The number of rotatable bonds is 7. The Labute approximate surface area is 235 Å². The third-order valence-corrected chi connectivity index (χ3v) is 9.66. The van der Waals surface area contributed by atoms with Crippen LogP contribution in [0.4, 0.5) is 15.8 Å². The molecule has 1 N–H and O–H groups in total. The molecule has 3 aliphatic heterocycles. The third-order valence-electron chi connectivity index (χ3n) is 8.74. The molecule has 9 heteroatoms. The number of piperidine rings is 1. The second kappa shape index (κ2) is 10.3. The maximum atomic E-state index is 14.3. The number of hydrogen-bond donors (Lipinski definition) is 1. The number of nitrogens with zero attached hydrogens (tertiary/aromatic N) is 3. The van der Waals surface area contributed by atoms with Gasteiger partial charge < -0.3 is 14.7 Å². The number of ketones is 1. The molecule has 0 bridgehead atoms. The monoisotopic (exact) mass is 563 g/mol. The van der Waals surface area contributed by atoms with E-state index in [1.54, 1.807) is 19.1 Å². The van der Waals surface area contributed by atoms with Gasteiger partial charge in [-0.05, 0) is 67.8 Å². The summed E-state index contributed by atoms with van der Waals surface area (Å²) < 4.78 is 48.2. The van der Waals surface area contributed by atoms with Gasteiger partial charge in [0.15, 0.2) is 5.78 Å². The summed E-state index contributed by atoms with van der Waals surface area (Å²) in [6.07, 6.45) is 1.99. The number of carbonyl (C=O) groups excluding carboxylic acids is 1. The van der Waals surface area contributed by atoms with Crippen molar-refractivity contribution in [3.05, 3.63) is 77.1 Å². The standard InChI is InChI=1S/C31H34FN3O4S/c1-20-8-11-30(40(37,38)39)25(17-20)24-18-21(32)9-10-22(24)29(36)7-4-13-34-14-12-27-26(19-34)23-5-3-6-28-31(23)35(27)16-15-33(28)2/h3,5-6,8-11,17-18,26-27H,4,7,12-16,19H2,1-2H3,(H,37,38,39)/t26-,27-/m0/s1. The van der Waals surface area contributed by atoms with Crippen LogP contribution in [0.3, 0.4) is 0 Å². The van der Waals surface area contributed by atoms with Crippen molar-refractivity contribution in [2.75, 3.05) is 49.6 Å². The van der Waals surface area contributed by atoms with Crippen molar-refractivity contribution in [2.24, 2.45) is 0 Å². The van der Waals surface area contributed by atoms with Gasteiger partial charge in [-0.2, -0.15) is 8.42 Å². The number of anilines is 2. The minimum Gasteiger partial charge on any atom is -0.371 e. The highest BCUT2D eigenvalue weighted by Crippen LogP contribution is 2.50. The predicted octanol–water partition coefficient (Wildman–Crippen LogP) is 5.14. The first-order valence-corrected chi connectivity index (χ1v) is 15.3. The zero-order valence-corrected chi connectivity index (χ0v) is 23.6. The van der Waals surface area contributed by atoms with Crippen LogP contribution in [-0.4, -0.2) is 69.5 Å². The number of hydrogen-bond acceptors (Lipinski definition) is 6. The lowest BCUT2D eigenvalue weighted by Gasteiger charge is -2.41. The average molecular weight is 564 g/mol. The highest BCUT2D eigenvalue weighted by Gasteiger charge is 2.44. The van der Waals surface area contributed by atoms with Crippen molar-refractivity contribution in [2.45, 2.75) is 43.0 Å². The molecule has 210 valence electrons. The Kier molecular flexibility index (Phi) is 6.92. The summed E-state index contributed by atoms with van der Waals surface area (Å²) in [6, 6.07) is 15.4. The van der Waals surface area contributed by atoms with E-state index in [9.17, 15) is 22.2 Å². The van der Waals surface area contributed by atoms with E-state index in [-0.39, 0.29) is 33.8 Å². The van der Waals surface area contributed by atoms with Crippen molar-refractivity contribution in [1.29, 1.82) is 0 Å². The summed E-state index contributed by atoms with van der Waals surface area (Å²) in [6.45, 7) is 6.57. The van der Waals surface area contributed by atoms with Crippen molar-refractivity contribution < 1.29 is 22.2 Å². The molecule has 0 spiro atoms. The Morgan fingerprint density at radius 3 is 2.67 bits per heavy atom. The van der Waals surface area contributed by atoms with Gasteiger partial charge >= 0.3 is 0 Å². The van der Waals surface area contributed by atoms with Crippen LogP contribution in [0.25, 0.3) is 11.1 Å². The van der Waals surface area contributed by atoms with Gasteiger partial charge in [0, 0.05) is 62.7 Å². The van der Waals surface area contributed by atoms with Gasteiger partial charge in [-0.15, -0.1) is 0 Å². The number of Topliss-reactive ketones (excluding diaryl/α,β-unsaturated/α-hetero) is 1. The quantitative estimate of drug-likeness (QED) is 0.315. The molecule has 7 nitrogen and oxygen atoms in total. The van der Waals surface area contributed by atoms with Gasteiger partial charge in [0.05, 0.1) is 11.4 Å². The topological polar surface area (TPSA) is 81.2 Å². The first kappa shape index (κ1) is 26.9. The minimum absolute atomic E-state index is 0.124. The average Bonchev–Trinajstić information content (AvgIpc) is 3.24. The Balaban J connectivity index is 1.17. The summed E-state index contributed by atoms with van der Waals surface area (Å²) in [4.78, 5) is 20.4. The van der Waals surface area contributed by atoms with Crippen LogP contribution in [0.5, 0.6) is 0 Å². The molecule has 3 aliphatic rings. The molecule has 3 heterocycles. The molecule has 0 aromatic heterocycles. The van der Waals surface area contributed by atoms with Gasteiger partial charge in [-0.3, -0.25) is 9.35 Å². The molecule has 6 rings (SSSR count). The minimum atomic E-state index is -4.57. The molecular formula is C31H34FN3O4S. The first-order chi connectivity index (χ1) is 19.1. The molecule has 3 aromatic rings. The molecule has 1 fully saturated rings. The summed E-state index contributed by atoms with van der Waals surface area (Å²) in [5.74, 6) is -0.306. The fourth-order valence-corrected chi connectivity index (χ4v) is 7.53. The molecule has 0 amide bonds. The van der Waals surface area contributed by atoms with Gasteiger partial charge in [0.25, 0.3) is 10.1 Å². The fraction of sp³-hybridized carbons (Fsp3) is 0.387. The molecule has 40 heavy (non-hydrogen) atoms. The van der Waals surface area contributed by atoms with E-state index in [2.05, 4.69) is 39.9 Å². The van der Waals surface area contributed by atoms with Crippen molar-refractivity contribution in [1.82, 2.24) is 4.90 Å². The maximum Gasteiger partial charge on any atom is 0.295 e. The van der Waals surface area contributed by atoms with Crippen molar-refractivity contribution in [3.8, 4) is 11.1 Å². The van der Waals surface area contributed by atoms with Crippen LogP contribution in [0.2, 0.25) is 0 Å². The van der Waals surface area contributed by atoms with Gasteiger partial charge in [-0.1, -0.05) is 29.8 Å². The van der Waals surface area contributed by atoms with E-state index in [4.69, 9.17) is 0 Å². The van der Waals surface area contributed by atoms with Crippen molar-refractivity contribution >= 4 is 27.3 Å². The van der Waals surface area contributed by atoms with Crippen LogP contribution in [-0.2, 0) is 10.1 Å². The number of halogens is 1. The number of aryl methyl sites for hydroxylation is 1. The SMILES string of the molecule is Cc1ccc(S(=O)(=O)O)c(-c2cc(F)ccc2C(=O)CCCN2CC[C@H]3[C@@H](C2)c2cccc4c2N3CCN4C)c1. The highest BCUT2D eigenvalue weighted by molar-refractivity contribution is 7.86. The number of carbonyl (C=O) groups is 1. The van der Waals surface area contributed by atoms with Crippen LogP contribution in [0.15, 0.2) is 59.5 Å². The van der Waals surface area contributed by atoms with E-state index in [1.807, 2.05) is 0 Å². The van der Waals surface area contributed by atoms with E-state index in [0.29, 0.717) is 18.4 Å². The van der Waals surface area contributed by atoms with E-state index in [1.165, 1.54) is 41.2 Å². The van der Waals surface area contributed by atoms with Crippen LogP contribution in [0.1, 0.15) is 46.7 Å². The van der Waals surface area contributed by atoms with Gasteiger partial charge in [0.2, 0.25) is 0 Å². The Morgan fingerprint density at radius 2 is 1.88 bits per heavy atom. The molecule has 0 saturated carbocycles. The van der Waals surface area contributed by atoms with Crippen LogP contribution < -0.4 is 9.80 Å². The zero-order chi connectivity index (χ0) is 28.2. The van der Waals surface area contributed by atoms with E-state index >= 15 is 0 Å². The maximum absolute atomic E-state index is 14.3. The first-order valence-electron chi connectivity index (χ1n) is 13.9. The summed E-state index contributed by atoms with van der Waals surface area (Å²) in [5, 5.41) is 0. The zero-order valence-electron chi connectivity index (χ0n) is 22.8. The molecule has 0 unspecified atom stereocenters. The second-order valence-electron chi connectivity index (χ2n) is 11.3. The third kappa shape index (κ3) is 4.80. The number of likely N-dealkylation sites (N-methyl/N-ethyl adjacent to an activating group) is 1. The van der Waals surface area contributed by atoms with Gasteiger partial charge in [0.1, 0.15) is 10.7 Å². The summed E-state index contributed by atoms with van der Waals surface area (Å²) in [7, 11) is -2.41. The second-order valence-corrected chi connectivity index (χ2v) is 12.7. The van der Waals surface area contributed by atoms with Gasteiger partial charge in [-0.25, -0.2) is 4.39 Å². The summed E-state index contributed by atoms with van der Waals surface area (Å²) in [5.41, 5.74) is 5.43. The lowest BCUT2D eigenvalue weighted by atomic mass is 9.88. The van der Waals surface area contributed by atoms with Crippen molar-refractivity contribution in [3.63, 3.8) is 0 Å². The molecule has 2 atom stereocenters. The predicted molar refractivity (Wildman–Crippen MR) is 155 cm³/mol. The van der Waals surface area contributed by atoms with E-state index < -0.39 is 15.9 Å². The number of benzene rings is 3. The molecular weight excluding hydrogens is 529 g/mol. The normalized spacial score (nSPS) is 20.4. The Bertz CT molecular complexity index is 1590. The van der Waals surface area contributed by atoms with Crippen LogP contribution in [0, 0.1) is 12.7 Å².